The number of hydrogen-bond donors (Lipinski definition) is 2. The molecule has 1 saturated heterocycles. The average molecular weight is 254 g/mol. The number of hydrogen-bond acceptors (Lipinski definition) is 3. The Morgan fingerprint density at radius 1 is 1.17 bits per heavy atom. The Morgan fingerprint density at radius 2 is 1.94 bits per heavy atom. The molecule has 3 nitrogen and oxygen atoms in total. The van der Waals surface area contributed by atoms with E-state index in [-0.39, 0.29) is 0 Å². The van der Waals surface area contributed by atoms with Crippen molar-refractivity contribution in [2.75, 3.05) is 26.2 Å². The molecule has 0 aromatic rings. The van der Waals surface area contributed by atoms with Crippen LogP contribution in [-0.4, -0.2) is 48.3 Å². The smallest absolute Gasteiger partial charge is 0.0434 e. The average Bonchev–Trinajstić information content (AvgIpc) is 2.41. The Morgan fingerprint density at radius 3 is 2.61 bits per heavy atom. The van der Waals surface area contributed by atoms with E-state index >= 15 is 0 Å². The third-order valence-corrected chi connectivity index (χ3v) is 4.79. The molecule has 0 aromatic heterocycles. The molecule has 2 fully saturated rings. The predicted molar refractivity (Wildman–Crippen MR) is 75.7 cm³/mol. The second-order valence-electron chi connectivity index (χ2n) is 6.08. The predicted octanol–water partition coefficient (Wildman–Crippen LogP) is 2.00. The van der Waals surface area contributed by atoms with Crippen LogP contribution in [-0.2, 0) is 0 Å². The second kappa shape index (κ2) is 7.46. The summed E-state index contributed by atoms with van der Waals surface area (Å²) >= 11 is 0. The van der Waals surface area contributed by atoms with Crippen LogP contribution in [0.15, 0.2) is 0 Å². The maximum Gasteiger partial charge on any atom is 0.0434 e. The maximum absolute atomic E-state index is 9.08. The van der Waals surface area contributed by atoms with Gasteiger partial charge in [0.2, 0.25) is 0 Å². The van der Waals surface area contributed by atoms with Crippen molar-refractivity contribution in [2.45, 2.75) is 64.0 Å². The Balaban J connectivity index is 1.75. The van der Waals surface area contributed by atoms with Crippen LogP contribution in [0.5, 0.6) is 0 Å². The van der Waals surface area contributed by atoms with Crippen LogP contribution in [0.1, 0.15) is 51.9 Å². The monoisotopic (exact) mass is 254 g/mol. The summed E-state index contributed by atoms with van der Waals surface area (Å²) < 4.78 is 0. The molecular weight excluding hydrogens is 224 g/mol. The number of rotatable bonds is 5. The summed E-state index contributed by atoms with van der Waals surface area (Å²) in [4.78, 5) is 2.71. The minimum atomic E-state index is 0.367. The van der Waals surface area contributed by atoms with E-state index in [1.165, 1.54) is 51.6 Å². The van der Waals surface area contributed by atoms with E-state index in [4.69, 9.17) is 5.11 Å². The molecule has 0 aromatic carbocycles. The third kappa shape index (κ3) is 3.94. The number of likely N-dealkylation sites (tertiary alicyclic amines) is 1. The van der Waals surface area contributed by atoms with Crippen LogP contribution in [0.4, 0.5) is 0 Å². The van der Waals surface area contributed by atoms with Crippen molar-refractivity contribution in [2.24, 2.45) is 5.92 Å². The fraction of sp³-hybridized carbons (Fsp3) is 1.00. The molecule has 1 unspecified atom stereocenters. The highest BCUT2D eigenvalue weighted by atomic mass is 16.3. The highest BCUT2D eigenvalue weighted by Gasteiger charge is 2.28. The first kappa shape index (κ1) is 14.3. The summed E-state index contributed by atoms with van der Waals surface area (Å²) in [6.45, 7) is 6.20. The summed E-state index contributed by atoms with van der Waals surface area (Å²) in [7, 11) is 0. The molecule has 1 aliphatic carbocycles. The molecule has 1 atom stereocenters. The first-order valence-electron chi connectivity index (χ1n) is 7.91. The lowest BCUT2D eigenvalue weighted by atomic mass is 9.87. The van der Waals surface area contributed by atoms with E-state index in [2.05, 4.69) is 17.1 Å². The number of aliphatic hydroxyl groups is 1. The Kier molecular flexibility index (Phi) is 5.93. The van der Waals surface area contributed by atoms with Gasteiger partial charge in [0.15, 0.2) is 0 Å². The summed E-state index contributed by atoms with van der Waals surface area (Å²) in [5, 5.41) is 12.7. The number of aliphatic hydroxyl groups excluding tert-OH is 1. The van der Waals surface area contributed by atoms with Crippen molar-refractivity contribution in [3.05, 3.63) is 0 Å². The van der Waals surface area contributed by atoms with Crippen molar-refractivity contribution in [3.8, 4) is 0 Å². The van der Waals surface area contributed by atoms with Gasteiger partial charge >= 0.3 is 0 Å². The summed E-state index contributed by atoms with van der Waals surface area (Å²) in [5.41, 5.74) is 0. The van der Waals surface area contributed by atoms with Crippen molar-refractivity contribution in [3.63, 3.8) is 0 Å². The largest absolute Gasteiger partial charge is 0.396 e. The lowest BCUT2D eigenvalue weighted by molar-refractivity contribution is 0.0820. The van der Waals surface area contributed by atoms with Gasteiger partial charge in [0.1, 0.15) is 0 Å². The van der Waals surface area contributed by atoms with E-state index in [1.54, 1.807) is 0 Å². The van der Waals surface area contributed by atoms with Gasteiger partial charge < -0.3 is 15.3 Å². The topological polar surface area (TPSA) is 35.5 Å². The van der Waals surface area contributed by atoms with Crippen LogP contribution in [0.3, 0.4) is 0 Å². The number of piperidine rings is 1. The molecule has 1 aliphatic heterocycles. The Hall–Kier alpha value is -0.120. The van der Waals surface area contributed by atoms with Gasteiger partial charge in [-0.25, -0.2) is 0 Å². The van der Waals surface area contributed by atoms with E-state index in [0.29, 0.717) is 6.61 Å². The Labute approximate surface area is 112 Å². The Bertz CT molecular complexity index is 225. The standard InChI is InChI=1S/C15H30N2O/c1-2-16-14-5-7-15(8-6-14)17-10-3-4-13(12-17)9-11-18/h13-16,18H,2-12H2,1H3. The van der Waals surface area contributed by atoms with E-state index in [1.807, 2.05) is 0 Å². The van der Waals surface area contributed by atoms with Crippen LogP contribution in [0.25, 0.3) is 0 Å². The van der Waals surface area contributed by atoms with Crippen LogP contribution < -0.4 is 5.32 Å². The number of nitrogens with zero attached hydrogens (tertiary/aromatic N) is 1. The molecule has 0 bridgehead atoms. The molecular formula is C15H30N2O. The van der Waals surface area contributed by atoms with Gasteiger partial charge in [0, 0.05) is 25.2 Å². The molecule has 3 heteroatoms. The summed E-state index contributed by atoms with van der Waals surface area (Å²) in [6.07, 6.45) is 9.08. The van der Waals surface area contributed by atoms with Gasteiger partial charge in [-0.05, 0) is 64.0 Å². The highest BCUT2D eigenvalue weighted by molar-refractivity contribution is 4.85. The van der Waals surface area contributed by atoms with Crippen molar-refractivity contribution in [1.82, 2.24) is 10.2 Å². The van der Waals surface area contributed by atoms with E-state index < -0.39 is 0 Å². The first-order valence-corrected chi connectivity index (χ1v) is 7.91. The normalized spacial score (nSPS) is 34.7. The molecule has 106 valence electrons. The molecule has 1 heterocycles. The van der Waals surface area contributed by atoms with Gasteiger partial charge in [-0.15, -0.1) is 0 Å². The molecule has 0 amide bonds. The number of nitrogens with one attached hydrogen (secondary N) is 1. The highest BCUT2D eigenvalue weighted by Crippen LogP contribution is 2.28. The van der Waals surface area contributed by atoms with E-state index in [9.17, 15) is 0 Å². The van der Waals surface area contributed by atoms with Crippen LogP contribution in [0.2, 0.25) is 0 Å². The SMILES string of the molecule is CCNC1CCC(N2CCCC(CCO)C2)CC1. The minimum absolute atomic E-state index is 0.367. The van der Waals surface area contributed by atoms with Crippen molar-refractivity contribution < 1.29 is 5.11 Å². The molecule has 18 heavy (non-hydrogen) atoms. The van der Waals surface area contributed by atoms with Crippen LogP contribution >= 0.6 is 0 Å². The molecule has 0 spiro atoms. The zero-order chi connectivity index (χ0) is 12.8. The lowest BCUT2D eigenvalue weighted by Gasteiger charge is -2.41. The van der Waals surface area contributed by atoms with Crippen molar-refractivity contribution >= 4 is 0 Å². The lowest BCUT2D eigenvalue weighted by Crippen LogP contribution is -2.46. The maximum atomic E-state index is 9.08. The zero-order valence-corrected chi connectivity index (χ0v) is 11.9. The van der Waals surface area contributed by atoms with Gasteiger partial charge in [-0.1, -0.05) is 6.92 Å². The van der Waals surface area contributed by atoms with Gasteiger partial charge in [-0.2, -0.15) is 0 Å². The van der Waals surface area contributed by atoms with Crippen molar-refractivity contribution in [1.29, 1.82) is 0 Å². The minimum Gasteiger partial charge on any atom is -0.396 e. The van der Waals surface area contributed by atoms with Gasteiger partial charge in [0.05, 0.1) is 0 Å². The van der Waals surface area contributed by atoms with Crippen LogP contribution in [0, 0.1) is 5.92 Å². The fourth-order valence-corrected chi connectivity index (χ4v) is 3.78. The molecule has 1 saturated carbocycles. The fourth-order valence-electron chi connectivity index (χ4n) is 3.78. The van der Waals surface area contributed by atoms with Gasteiger partial charge in [-0.3, -0.25) is 0 Å². The van der Waals surface area contributed by atoms with E-state index in [0.717, 1.165) is 31.0 Å². The quantitative estimate of drug-likeness (QED) is 0.788. The molecule has 2 N–H and O–H groups in total. The molecule has 2 rings (SSSR count). The molecule has 0 radical (unpaired) electrons. The summed E-state index contributed by atoms with van der Waals surface area (Å²) in [5.74, 6) is 0.746. The third-order valence-electron chi connectivity index (χ3n) is 4.79. The molecule has 2 aliphatic rings. The zero-order valence-electron chi connectivity index (χ0n) is 11.9. The van der Waals surface area contributed by atoms with Gasteiger partial charge in [0.25, 0.3) is 0 Å². The first-order chi connectivity index (χ1) is 8.83. The summed E-state index contributed by atoms with van der Waals surface area (Å²) in [6, 6.07) is 1.59. The second-order valence-corrected chi connectivity index (χ2v) is 6.08.